The third-order valence-electron chi connectivity index (χ3n) is 2.82. The molecule has 118 valence electrons. The number of benzene rings is 1. The van der Waals surface area contributed by atoms with E-state index in [1.54, 1.807) is 12.1 Å². The maximum absolute atomic E-state index is 12.0. The van der Waals surface area contributed by atoms with Gasteiger partial charge in [0.25, 0.3) is 5.91 Å². The Morgan fingerprint density at radius 3 is 2.14 bits per heavy atom. The Labute approximate surface area is 130 Å². The molecule has 0 saturated carbocycles. The number of hydrogen-bond acceptors (Lipinski definition) is 5. The van der Waals surface area contributed by atoms with Gasteiger partial charge in [-0.25, -0.2) is 0 Å². The minimum absolute atomic E-state index is 0.0146. The van der Waals surface area contributed by atoms with Crippen LogP contribution in [-0.4, -0.2) is 33.3 Å². The molecular weight excluding hydrogens is 284 g/mol. The molecule has 6 nitrogen and oxygen atoms in total. The van der Waals surface area contributed by atoms with Crippen LogP contribution in [0.4, 0.5) is 0 Å². The number of carbonyl (C=O) groups excluding carboxylic acids is 1. The van der Waals surface area contributed by atoms with E-state index >= 15 is 0 Å². The predicted octanol–water partition coefficient (Wildman–Crippen LogP) is 2.14. The van der Waals surface area contributed by atoms with Crippen molar-refractivity contribution in [3.63, 3.8) is 0 Å². The Morgan fingerprint density at radius 2 is 1.68 bits per heavy atom. The number of carbonyl (C=O) groups is 1. The molecule has 0 aromatic heterocycles. The summed E-state index contributed by atoms with van der Waals surface area (Å²) in [7, 11) is 4.52. The van der Waals surface area contributed by atoms with E-state index in [1.807, 2.05) is 19.9 Å². The number of nitrogens with zero attached hydrogens (tertiary/aromatic N) is 1. The van der Waals surface area contributed by atoms with Gasteiger partial charge in [0.05, 0.1) is 21.3 Å². The van der Waals surface area contributed by atoms with Crippen LogP contribution < -0.4 is 19.5 Å². The van der Waals surface area contributed by atoms with E-state index in [4.69, 9.17) is 14.2 Å². The Morgan fingerprint density at radius 1 is 1.14 bits per heavy atom. The number of nitriles is 1. The van der Waals surface area contributed by atoms with Gasteiger partial charge in [0, 0.05) is 17.7 Å². The van der Waals surface area contributed by atoms with Gasteiger partial charge in [-0.3, -0.25) is 4.79 Å². The second-order valence-electron chi connectivity index (χ2n) is 4.75. The van der Waals surface area contributed by atoms with Crippen molar-refractivity contribution in [1.82, 2.24) is 5.32 Å². The molecule has 0 radical (unpaired) electrons. The van der Waals surface area contributed by atoms with Crippen molar-refractivity contribution < 1.29 is 19.0 Å². The average Bonchev–Trinajstić information content (AvgIpc) is 2.50. The molecule has 1 amide bonds. The van der Waals surface area contributed by atoms with Gasteiger partial charge in [0.15, 0.2) is 11.5 Å². The van der Waals surface area contributed by atoms with E-state index in [9.17, 15) is 10.1 Å². The van der Waals surface area contributed by atoms with E-state index in [-0.39, 0.29) is 11.6 Å². The van der Waals surface area contributed by atoms with Crippen molar-refractivity contribution in [2.45, 2.75) is 19.9 Å². The predicted molar refractivity (Wildman–Crippen MR) is 83.0 cm³/mol. The van der Waals surface area contributed by atoms with Crippen LogP contribution in [0.15, 0.2) is 17.7 Å². The fourth-order valence-electron chi connectivity index (χ4n) is 1.81. The van der Waals surface area contributed by atoms with Gasteiger partial charge in [0.2, 0.25) is 0 Å². The maximum Gasteiger partial charge on any atom is 0.262 e. The number of methoxy groups -OCH3 is 3. The molecule has 0 fully saturated rings. The van der Waals surface area contributed by atoms with Crippen LogP contribution in [-0.2, 0) is 4.79 Å². The molecule has 1 rings (SSSR count). The molecule has 0 bridgehead atoms. The lowest BCUT2D eigenvalue weighted by atomic mass is 10.1. The average molecular weight is 304 g/mol. The Balaban J connectivity index is 3.32. The van der Waals surface area contributed by atoms with Crippen molar-refractivity contribution in [2.75, 3.05) is 21.3 Å². The van der Waals surface area contributed by atoms with E-state index < -0.39 is 5.91 Å². The summed E-state index contributed by atoms with van der Waals surface area (Å²) in [4.78, 5) is 12.0. The number of nitrogens with one attached hydrogen (secondary N) is 1. The van der Waals surface area contributed by atoms with Crippen molar-refractivity contribution in [3.8, 4) is 23.3 Å². The molecule has 22 heavy (non-hydrogen) atoms. The highest BCUT2D eigenvalue weighted by Gasteiger charge is 2.14. The molecule has 0 atom stereocenters. The van der Waals surface area contributed by atoms with Gasteiger partial charge >= 0.3 is 0 Å². The summed E-state index contributed by atoms with van der Waals surface area (Å²) < 4.78 is 15.7. The summed E-state index contributed by atoms with van der Waals surface area (Å²) >= 11 is 0. The molecule has 6 heteroatoms. The van der Waals surface area contributed by atoms with Gasteiger partial charge in [-0.1, -0.05) is 0 Å². The maximum atomic E-state index is 12.0. The highest BCUT2D eigenvalue weighted by molar-refractivity contribution is 6.02. The van der Waals surface area contributed by atoms with Gasteiger partial charge in [-0.15, -0.1) is 0 Å². The second-order valence-corrected chi connectivity index (χ2v) is 4.75. The summed E-state index contributed by atoms with van der Waals surface area (Å²) in [6, 6.07) is 5.13. The summed E-state index contributed by atoms with van der Waals surface area (Å²) in [5.74, 6) is 1.02. The van der Waals surface area contributed by atoms with Crippen LogP contribution >= 0.6 is 0 Å². The Kier molecular flexibility index (Phi) is 6.26. The molecule has 1 aromatic carbocycles. The van der Waals surface area contributed by atoms with E-state index in [0.717, 1.165) is 0 Å². The molecular formula is C16H20N2O4. The lowest BCUT2D eigenvalue weighted by Gasteiger charge is -2.13. The molecule has 1 aromatic rings. The first-order valence-corrected chi connectivity index (χ1v) is 6.69. The quantitative estimate of drug-likeness (QED) is 0.643. The Bertz CT molecular complexity index is 615. The summed E-state index contributed by atoms with van der Waals surface area (Å²) in [6.07, 6.45) is 1.46. The number of amides is 1. The van der Waals surface area contributed by atoms with Crippen LogP contribution in [0.1, 0.15) is 19.4 Å². The van der Waals surface area contributed by atoms with Gasteiger partial charge in [-0.05, 0) is 26.0 Å². The van der Waals surface area contributed by atoms with Crippen molar-refractivity contribution in [1.29, 1.82) is 5.26 Å². The minimum atomic E-state index is -0.436. The number of ether oxygens (including phenoxy) is 3. The van der Waals surface area contributed by atoms with Crippen LogP contribution in [0.3, 0.4) is 0 Å². The zero-order chi connectivity index (χ0) is 16.7. The smallest absolute Gasteiger partial charge is 0.262 e. The standard InChI is InChI=1S/C16H20N2O4/c1-10(2)18-16(19)12(9-17)6-11-7-14(21-4)15(22-5)8-13(11)20-3/h6-8,10H,1-5H3,(H,18,19)/b12-6+. The lowest BCUT2D eigenvalue weighted by Crippen LogP contribution is -2.30. The van der Waals surface area contributed by atoms with Crippen molar-refractivity contribution >= 4 is 12.0 Å². The monoisotopic (exact) mass is 304 g/mol. The van der Waals surface area contributed by atoms with Crippen LogP contribution in [0.2, 0.25) is 0 Å². The van der Waals surface area contributed by atoms with Gasteiger partial charge < -0.3 is 19.5 Å². The number of hydrogen-bond donors (Lipinski definition) is 1. The molecule has 0 aliphatic carbocycles. The van der Waals surface area contributed by atoms with Gasteiger partial charge in [-0.2, -0.15) is 5.26 Å². The fourth-order valence-corrected chi connectivity index (χ4v) is 1.81. The minimum Gasteiger partial charge on any atom is -0.496 e. The topological polar surface area (TPSA) is 80.6 Å². The van der Waals surface area contributed by atoms with Crippen LogP contribution in [0.5, 0.6) is 17.2 Å². The first kappa shape index (κ1) is 17.4. The largest absolute Gasteiger partial charge is 0.496 e. The van der Waals surface area contributed by atoms with E-state index in [1.165, 1.54) is 27.4 Å². The SMILES string of the molecule is COc1cc(OC)c(OC)cc1/C=C(\C#N)C(=O)NC(C)C. The lowest BCUT2D eigenvalue weighted by molar-refractivity contribution is -0.117. The Hall–Kier alpha value is -2.68. The first-order valence-electron chi connectivity index (χ1n) is 6.69. The third kappa shape index (κ3) is 4.16. The second kappa shape index (κ2) is 7.93. The van der Waals surface area contributed by atoms with Crippen molar-refractivity contribution in [2.24, 2.45) is 0 Å². The highest BCUT2D eigenvalue weighted by atomic mass is 16.5. The van der Waals surface area contributed by atoms with Gasteiger partial charge in [0.1, 0.15) is 17.4 Å². The first-order chi connectivity index (χ1) is 10.5. The van der Waals surface area contributed by atoms with E-state index in [0.29, 0.717) is 22.8 Å². The molecule has 0 aliphatic rings. The molecule has 0 saturated heterocycles. The van der Waals surface area contributed by atoms with E-state index in [2.05, 4.69) is 5.32 Å². The van der Waals surface area contributed by atoms with Crippen LogP contribution in [0.25, 0.3) is 6.08 Å². The molecule has 0 spiro atoms. The third-order valence-corrected chi connectivity index (χ3v) is 2.82. The summed E-state index contributed by atoms with van der Waals surface area (Å²) in [6.45, 7) is 3.65. The van der Waals surface area contributed by atoms with Crippen LogP contribution in [0, 0.1) is 11.3 Å². The normalized spacial score (nSPS) is 10.9. The molecule has 0 unspecified atom stereocenters. The molecule has 0 heterocycles. The molecule has 1 N–H and O–H groups in total. The zero-order valence-electron chi connectivity index (χ0n) is 13.4. The number of rotatable bonds is 6. The zero-order valence-corrected chi connectivity index (χ0v) is 13.4. The molecule has 0 aliphatic heterocycles. The summed E-state index contributed by atoms with van der Waals surface area (Å²) in [5, 5.41) is 11.9. The fraction of sp³-hybridized carbons (Fsp3) is 0.375. The summed E-state index contributed by atoms with van der Waals surface area (Å²) in [5.41, 5.74) is 0.537. The highest BCUT2D eigenvalue weighted by Crippen LogP contribution is 2.35. The van der Waals surface area contributed by atoms with Crippen molar-refractivity contribution in [3.05, 3.63) is 23.3 Å².